The summed E-state index contributed by atoms with van der Waals surface area (Å²) < 4.78 is 11.1. The molecule has 1 aliphatic heterocycles. The molecule has 1 aromatic heterocycles. The standard InChI is InChI=1S/C13H14N2O2/c14-5-9-6-15-12-4-2-1-3-11(12)13(9)17-10-7-16-8-10/h1-4,6,10H,5,7-8,14H2. The molecule has 0 saturated carbocycles. The van der Waals surface area contributed by atoms with E-state index in [0.717, 1.165) is 22.2 Å². The maximum absolute atomic E-state index is 5.94. The van der Waals surface area contributed by atoms with Crippen LogP contribution >= 0.6 is 0 Å². The lowest BCUT2D eigenvalue weighted by molar-refractivity contribution is -0.0794. The van der Waals surface area contributed by atoms with E-state index in [1.54, 1.807) is 6.20 Å². The lowest BCUT2D eigenvalue weighted by Crippen LogP contribution is -2.38. The second-order valence-electron chi connectivity index (χ2n) is 4.11. The maximum Gasteiger partial charge on any atom is 0.145 e. The average Bonchev–Trinajstić information content (AvgIpc) is 2.33. The summed E-state index contributed by atoms with van der Waals surface area (Å²) in [5.74, 6) is 0.853. The SMILES string of the molecule is NCc1cnc2ccccc2c1OC1COC1. The van der Waals surface area contributed by atoms with Gasteiger partial charge >= 0.3 is 0 Å². The highest BCUT2D eigenvalue weighted by Gasteiger charge is 2.22. The molecule has 4 heteroatoms. The fourth-order valence-electron chi connectivity index (χ4n) is 1.89. The second kappa shape index (κ2) is 4.31. The molecule has 2 N–H and O–H groups in total. The highest BCUT2D eigenvalue weighted by Crippen LogP contribution is 2.29. The number of nitrogens with zero attached hydrogens (tertiary/aromatic N) is 1. The monoisotopic (exact) mass is 230 g/mol. The van der Waals surface area contributed by atoms with Gasteiger partial charge in [-0.3, -0.25) is 4.98 Å². The number of aromatic nitrogens is 1. The largest absolute Gasteiger partial charge is 0.484 e. The van der Waals surface area contributed by atoms with Crippen molar-refractivity contribution in [3.8, 4) is 5.75 Å². The van der Waals surface area contributed by atoms with Gasteiger partial charge in [0.15, 0.2) is 0 Å². The summed E-state index contributed by atoms with van der Waals surface area (Å²) >= 11 is 0. The number of benzene rings is 1. The van der Waals surface area contributed by atoms with Crippen LogP contribution in [0.3, 0.4) is 0 Å². The molecule has 1 aromatic carbocycles. The van der Waals surface area contributed by atoms with Gasteiger partial charge in [0.1, 0.15) is 11.9 Å². The van der Waals surface area contributed by atoms with Crippen molar-refractivity contribution in [1.82, 2.24) is 4.98 Å². The lowest BCUT2D eigenvalue weighted by Gasteiger charge is -2.28. The van der Waals surface area contributed by atoms with Crippen LogP contribution in [0.25, 0.3) is 10.9 Å². The summed E-state index contributed by atoms with van der Waals surface area (Å²) in [4.78, 5) is 4.37. The molecule has 0 unspecified atom stereocenters. The number of para-hydroxylation sites is 1. The third kappa shape index (κ3) is 1.85. The minimum atomic E-state index is 0.145. The van der Waals surface area contributed by atoms with Crippen molar-refractivity contribution in [3.63, 3.8) is 0 Å². The Labute approximate surface area is 99.4 Å². The molecule has 0 spiro atoms. The Kier molecular flexibility index (Phi) is 2.66. The predicted octanol–water partition coefficient (Wildman–Crippen LogP) is 1.47. The minimum Gasteiger partial charge on any atom is -0.484 e. The number of rotatable bonds is 3. The van der Waals surface area contributed by atoms with Gasteiger partial charge in [-0.25, -0.2) is 0 Å². The van der Waals surface area contributed by atoms with E-state index in [0.29, 0.717) is 19.8 Å². The summed E-state index contributed by atoms with van der Waals surface area (Å²) in [6.45, 7) is 1.74. The third-order valence-corrected chi connectivity index (χ3v) is 2.91. The van der Waals surface area contributed by atoms with E-state index < -0.39 is 0 Å². The highest BCUT2D eigenvalue weighted by atomic mass is 16.6. The summed E-state index contributed by atoms with van der Waals surface area (Å²) in [6, 6.07) is 7.93. The van der Waals surface area contributed by atoms with Gasteiger partial charge in [0.25, 0.3) is 0 Å². The quantitative estimate of drug-likeness (QED) is 0.867. The Morgan fingerprint density at radius 3 is 2.88 bits per heavy atom. The smallest absolute Gasteiger partial charge is 0.145 e. The molecule has 1 saturated heterocycles. The lowest BCUT2D eigenvalue weighted by atomic mass is 10.1. The predicted molar refractivity (Wildman–Crippen MR) is 64.9 cm³/mol. The van der Waals surface area contributed by atoms with Crippen molar-refractivity contribution in [3.05, 3.63) is 36.0 Å². The third-order valence-electron chi connectivity index (χ3n) is 2.91. The summed E-state index contributed by atoms with van der Waals surface area (Å²) in [7, 11) is 0. The van der Waals surface area contributed by atoms with Gasteiger partial charge in [0, 0.05) is 23.7 Å². The fourth-order valence-corrected chi connectivity index (χ4v) is 1.89. The number of fused-ring (bicyclic) bond motifs is 1. The molecule has 1 fully saturated rings. The second-order valence-corrected chi connectivity index (χ2v) is 4.11. The number of ether oxygens (including phenoxy) is 2. The Morgan fingerprint density at radius 2 is 2.18 bits per heavy atom. The first kappa shape index (κ1) is 10.5. The van der Waals surface area contributed by atoms with E-state index >= 15 is 0 Å². The van der Waals surface area contributed by atoms with Crippen molar-refractivity contribution in [2.45, 2.75) is 12.6 Å². The first-order valence-corrected chi connectivity index (χ1v) is 5.69. The van der Waals surface area contributed by atoms with E-state index in [-0.39, 0.29) is 6.10 Å². The molecule has 0 bridgehead atoms. The van der Waals surface area contributed by atoms with Gasteiger partial charge in [-0.15, -0.1) is 0 Å². The van der Waals surface area contributed by atoms with Crippen molar-refractivity contribution < 1.29 is 9.47 Å². The van der Waals surface area contributed by atoms with Gasteiger partial charge in [0.05, 0.1) is 18.7 Å². The van der Waals surface area contributed by atoms with Crippen LogP contribution in [0.1, 0.15) is 5.56 Å². The molecule has 0 atom stereocenters. The maximum atomic E-state index is 5.94. The molecule has 0 radical (unpaired) electrons. The van der Waals surface area contributed by atoms with Crippen molar-refractivity contribution in [2.24, 2.45) is 5.73 Å². The zero-order valence-corrected chi connectivity index (χ0v) is 9.43. The van der Waals surface area contributed by atoms with E-state index in [2.05, 4.69) is 4.98 Å². The summed E-state index contributed by atoms with van der Waals surface area (Å²) in [6.07, 6.45) is 1.93. The number of hydrogen-bond donors (Lipinski definition) is 1. The van der Waals surface area contributed by atoms with Gasteiger partial charge in [-0.05, 0) is 12.1 Å². The normalized spacial score (nSPS) is 15.8. The molecule has 17 heavy (non-hydrogen) atoms. The van der Waals surface area contributed by atoms with Crippen LogP contribution < -0.4 is 10.5 Å². The van der Waals surface area contributed by atoms with E-state index in [4.69, 9.17) is 15.2 Å². The van der Waals surface area contributed by atoms with E-state index in [1.165, 1.54) is 0 Å². The van der Waals surface area contributed by atoms with Gasteiger partial charge in [0.2, 0.25) is 0 Å². The van der Waals surface area contributed by atoms with Crippen LogP contribution in [0.5, 0.6) is 5.75 Å². The van der Waals surface area contributed by atoms with Gasteiger partial charge in [-0.1, -0.05) is 12.1 Å². The van der Waals surface area contributed by atoms with Crippen molar-refractivity contribution in [2.75, 3.05) is 13.2 Å². The van der Waals surface area contributed by atoms with Crippen LogP contribution in [0.2, 0.25) is 0 Å². The zero-order valence-electron chi connectivity index (χ0n) is 9.43. The van der Waals surface area contributed by atoms with Crippen LogP contribution in [0, 0.1) is 0 Å². The molecule has 0 aliphatic carbocycles. The van der Waals surface area contributed by atoms with E-state index in [1.807, 2.05) is 24.3 Å². The van der Waals surface area contributed by atoms with Crippen molar-refractivity contribution in [1.29, 1.82) is 0 Å². The molecule has 2 heterocycles. The molecule has 2 aromatic rings. The van der Waals surface area contributed by atoms with Crippen LogP contribution in [0.15, 0.2) is 30.5 Å². The van der Waals surface area contributed by atoms with Gasteiger partial charge < -0.3 is 15.2 Å². The van der Waals surface area contributed by atoms with Gasteiger partial charge in [-0.2, -0.15) is 0 Å². The van der Waals surface area contributed by atoms with Crippen LogP contribution in [-0.4, -0.2) is 24.3 Å². The molecule has 88 valence electrons. The molecule has 4 nitrogen and oxygen atoms in total. The Morgan fingerprint density at radius 1 is 1.35 bits per heavy atom. The minimum absolute atomic E-state index is 0.145. The number of hydrogen-bond acceptors (Lipinski definition) is 4. The first-order chi connectivity index (χ1) is 8.38. The number of pyridine rings is 1. The molecular weight excluding hydrogens is 216 g/mol. The fraction of sp³-hybridized carbons (Fsp3) is 0.308. The summed E-state index contributed by atoms with van der Waals surface area (Å²) in [5.41, 5.74) is 7.60. The number of nitrogens with two attached hydrogens (primary N) is 1. The Balaban J connectivity index is 2.09. The Hall–Kier alpha value is -1.65. The topological polar surface area (TPSA) is 57.4 Å². The molecule has 1 aliphatic rings. The zero-order chi connectivity index (χ0) is 11.7. The molecular formula is C13H14N2O2. The van der Waals surface area contributed by atoms with Crippen molar-refractivity contribution >= 4 is 10.9 Å². The average molecular weight is 230 g/mol. The molecule has 3 rings (SSSR count). The molecule has 0 amide bonds. The van der Waals surface area contributed by atoms with E-state index in [9.17, 15) is 0 Å². The first-order valence-electron chi connectivity index (χ1n) is 5.69. The van der Waals surface area contributed by atoms with Crippen LogP contribution in [-0.2, 0) is 11.3 Å². The highest BCUT2D eigenvalue weighted by molar-refractivity contribution is 5.86. The Bertz CT molecular complexity index is 538. The van der Waals surface area contributed by atoms with Crippen LogP contribution in [0.4, 0.5) is 0 Å². The summed E-state index contributed by atoms with van der Waals surface area (Å²) in [5, 5.41) is 1.02.